The quantitative estimate of drug-likeness (QED) is 0.209. The fourth-order valence-corrected chi connectivity index (χ4v) is 5.22. The van der Waals surface area contributed by atoms with Crippen LogP contribution < -0.4 is 21.1 Å². The van der Waals surface area contributed by atoms with Crippen molar-refractivity contribution >= 4 is 29.1 Å². The maximum Gasteiger partial charge on any atom is 0.262 e. The zero-order chi connectivity index (χ0) is 29.3. The highest BCUT2D eigenvalue weighted by Crippen LogP contribution is 2.33. The number of ether oxygens (including phenoxy) is 1. The third-order valence-corrected chi connectivity index (χ3v) is 7.81. The van der Waals surface area contributed by atoms with Crippen LogP contribution in [0.5, 0.6) is 5.75 Å². The van der Waals surface area contributed by atoms with Crippen molar-refractivity contribution in [2.45, 2.75) is 70.4 Å². The molecule has 0 atom stereocenters. The summed E-state index contributed by atoms with van der Waals surface area (Å²) < 4.78 is 5.49. The lowest BCUT2D eigenvalue weighted by Gasteiger charge is -2.24. The number of rotatable bonds is 14. The minimum absolute atomic E-state index is 0.0568. The second-order valence-electron chi connectivity index (χ2n) is 11.2. The van der Waals surface area contributed by atoms with Crippen LogP contribution >= 0.6 is 0 Å². The van der Waals surface area contributed by atoms with Crippen molar-refractivity contribution in [1.82, 2.24) is 4.90 Å². The van der Waals surface area contributed by atoms with Gasteiger partial charge in [-0.25, -0.2) is 0 Å². The predicted molar refractivity (Wildman–Crippen MR) is 165 cm³/mol. The van der Waals surface area contributed by atoms with E-state index in [0.29, 0.717) is 29.1 Å². The number of benzene rings is 3. The summed E-state index contributed by atoms with van der Waals surface area (Å²) in [6.07, 6.45) is 10.3. The first-order chi connectivity index (χ1) is 20.5. The second kappa shape index (κ2) is 14.1. The Morgan fingerprint density at radius 2 is 1.52 bits per heavy atom. The zero-order valence-corrected chi connectivity index (χ0v) is 24.1. The number of hydrogen-bond acceptors (Lipinski definition) is 5. The highest BCUT2D eigenvalue weighted by molar-refractivity contribution is 6.04. The van der Waals surface area contributed by atoms with Crippen molar-refractivity contribution < 1.29 is 19.1 Å². The first-order valence-electron chi connectivity index (χ1n) is 15.1. The Kier molecular flexibility index (Phi) is 9.87. The Balaban J connectivity index is 1.12. The fraction of sp³-hybridized carbons (Fsp3) is 0.382. The molecule has 220 valence electrons. The predicted octanol–water partition coefficient (Wildman–Crippen LogP) is 5.92. The van der Waals surface area contributed by atoms with Crippen molar-refractivity contribution in [3.63, 3.8) is 0 Å². The second-order valence-corrected chi connectivity index (χ2v) is 11.2. The monoisotopic (exact) mass is 568 g/mol. The van der Waals surface area contributed by atoms with Crippen LogP contribution in [0.3, 0.4) is 0 Å². The van der Waals surface area contributed by atoms with Gasteiger partial charge in [0.2, 0.25) is 0 Å². The smallest absolute Gasteiger partial charge is 0.262 e. The molecule has 1 aliphatic heterocycles. The van der Waals surface area contributed by atoms with Crippen LogP contribution in [-0.4, -0.2) is 41.8 Å². The molecule has 3 aromatic carbocycles. The lowest BCUT2D eigenvalue weighted by Crippen LogP contribution is -2.33. The Labute approximate surface area is 247 Å². The molecule has 1 fully saturated rings. The molecule has 0 spiro atoms. The van der Waals surface area contributed by atoms with Gasteiger partial charge in [0, 0.05) is 29.4 Å². The number of anilines is 2. The molecular weight excluding hydrogens is 528 g/mol. The van der Waals surface area contributed by atoms with Crippen LogP contribution in [-0.2, 0) is 17.8 Å². The van der Waals surface area contributed by atoms with Crippen molar-refractivity contribution in [2.24, 2.45) is 5.73 Å². The molecule has 8 nitrogen and oxygen atoms in total. The van der Waals surface area contributed by atoms with Gasteiger partial charge in [-0.2, -0.15) is 0 Å². The fourth-order valence-electron chi connectivity index (χ4n) is 5.22. The molecule has 1 saturated carbocycles. The number of nitrogens with one attached hydrogen (secondary N) is 2. The van der Waals surface area contributed by atoms with Gasteiger partial charge in [-0.15, -0.1) is 0 Å². The van der Waals surface area contributed by atoms with Gasteiger partial charge < -0.3 is 26.0 Å². The first-order valence-corrected chi connectivity index (χ1v) is 15.1. The molecule has 1 heterocycles. The van der Waals surface area contributed by atoms with Gasteiger partial charge in [0.25, 0.3) is 17.7 Å². The standard InChI is InChI=1S/C34H40N4O4/c35-20-6-4-2-1-3-5-7-24-10-15-28(16-11-24)36-33(40)26-12-8-25(9-13-26)22-38(29-17-18-29)34(41)27-14-19-30-31(21-27)42-23-32(39)37-30/h8-16,19,21,29H,1-7,17-18,20,22-23,35H2,(H,36,40)(H,37,39). The molecule has 0 saturated heterocycles. The largest absolute Gasteiger partial charge is 0.482 e. The van der Waals surface area contributed by atoms with E-state index >= 15 is 0 Å². The number of aryl methyl sites for hydroxylation is 1. The minimum Gasteiger partial charge on any atom is -0.482 e. The third kappa shape index (κ3) is 7.97. The number of amides is 3. The number of nitrogens with zero attached hydrogens (tertiary/aromatic N) is 1. The molecule has 5 rings (SSSR count). The zero-order valence-electron chi connectivity index (χ0n) is 24.1. The summed E-state index contributed by atoms with van der Waals surface area (Å²) in [7, 11) is 0. The van der Waals surface area contributed by atoms with Gasteiger partial charge in [-0.05, 0) is 92.2 Å². The normalized spacial score (nSPS) is 14.0. The van der Waals surface area contributed by atoms with Gasteiger partial charge in [0.05, 0.1) is 5.69 Å². The molecule has 42 heavy (non-hydrogen) atoms. The molecule has 3 aromatic rings. The van der Waals surface area contributed by atoms with Crippen molar-refractivity contribution in [3.8, 4) is 5.75 Å². The summed E-state index contributed by atoms with van der Waals surface area (Å²) in [6, 6.07) is 20.8. The molecule has 0 aromatic heterocycles. The maximum absolute atomic E-state index is 13.4. The minimum atomic E-state index is -0.206. The molecule has 8 heteroatoms. The Hall–Kier alpha value is -4.17. The van der Waals surface area contributed by atoms with Gasteiger partial charge in [-0.3, -0.25) is 14.4 Å². The highest BCUT2D eigenvalue weighted by Gasteiger charge is 2.33. The Morgan fingerprint density at radius 1 is 0.857 bits per heavy atom. The molecule has 0 radical (unpaired) electrons. The third-order valence-electron chi connectivity index (χ3n) is 7.81. The Bertz CT molecular complexity index is 1380. The lowest BCUT2D eigenvalue weighted by atomic mass is 10.0. The Morgan fingerprint density at radius 3 is 2.24 bits per heavy atom. The molecule has 0 bridgehead atoms. The SMILES string of the molecule is NCCCCCCCCc1ccc(NC(=O)c2ccc(CN(C(=O)c3ccc4c(c3)OCC(=O)N4)C3CC3)cc2)cc1. The number of carbonyl (C=O) groups excluding carboxylic acids is 3. The number of fused-ring (bicyclic) bond motifs is 1. The van der Waals surface area contributed by atoms with E-state index in [1.807, 2.05) is 29.2 Å². The van der Waals surface area contributed by atoms with E-state index in [2.05, 4.69) is 22.8 Å². The van der Waals surface area contributed by atoms with Gasteiger partial charge in [0.15, 0.2) is 6.61 Å². The summed E-state index contributed by atoms with van der Waals surface area (Å²) in [5, 5.41) is 5.74. The average Bonchev–Trinajstić information content (AvgIpc) is 3.85. The molecule has 4 N–H and O–H groups in total. The van der Waals surface area contributed by atoms with Crippen LogP contribution in [0.2, 0.25) is 0 Å². The lowest BCUT2D eigenvalue weighted by molar-refractivity contribution is -0.118. The van der Waals surface area contributed by atoms with E-state index < -0.39 is 0 Å². The van der Waals surface area contributed by atoms with Gasteiger partial charge in [0.1, 0.15) is 5.75 Å². The molecule has 1 aliphatic carbocycles. The van der Waals surface area contributed by atoms with E-state index in [0.717, 1.165) is 43.5 Å². The van der Waals surface area contributed by atoms with E-state index in [1.54, 1.807) is 30.3 Å². The van der Waals surface area contributed by atoms with Gasteiger partial charge >= 0.3 is 0 Å². The molecular formula is C34H40N4O4. The van der Waals surface area contributed by atoms with Crippen molar-refractivity contribution in [1.29, 1.82) is 0 Å². The maximum atomic E-state index is 13.4. The number of unbranched alkanes of at least 4 members (excludes halogenated alkanes) is 5. The number of carbonyl (C=O) groups is 3. The van der Waals surface area contributed by atoms with E-state index in [1.165, 1.54) is 37.7 Å². The molecule has 3 amide bonds. The van der Waals surface area contributed by atoms with E-state index in [4.69, 9.17) is 10.5 Å². The summed E-state index contributed by atoms with van der Waals surface area (Å²) in [5.41, 5.74) is 10.2. The van der Waals surface area contributed by atoms with Crippen LogP contribution in [0.4, 0.5) is 11.4 Å². The van der Waals surface area contributed by atoms with Crippen LogP contribution in [0.25, 0.3) is 0 Å². The summed E-state index contributed by atoms with van der Waals surface area (Å²) in [5.74, 6) is 0.0603. The van der Waals surface area contributed by atoms with Crippen molar-refractivity contribution in [2.75, 3.05) is 23.8 Å². The van der Waals surface area contributed by atoms with Crippen LogP contribution in [0.1, 0.15) is 83.2 Å². The van der Waals surface area contributed by atoms with Crippen LogP contribution in [0, 0.1) is 0 Å². The topological polar surface area (TPSA) is 114 Å². The molecule has 2 aliphatic rings. The van der Waals surface area contributed by atoms with Crippen LogP contribution in [0.15, 0.2) is 66.7 Å². The highest BCUT2D eigenvalue weighted by atomic mass is 16.5. The van der Waals surface area contributed by atoms with E-state index in [9.17, 15) is 14.4 Å². The molecule has 0 unspecified atom stereocenters. The summed E-state index contributed by atoms with van der Waals surface area (Å²) >= 11 is 0. The van der Waals surface area contributed by atoms with Gasteiger partial charge in [-0.1, -0.05) is 49.9 Å². The number of hydrogen-bond donors (Lipinski definition) is 3. The summed E-state index contributed by atoms with van der Waals surface area (Å²) in [4.78, 5) is 39.7. The van der Waals surface area contributed by atoms with E-state index in [-0.39, 0.29) is 30.4 Å². The summed E-state index contributed by atoms with van der Waals surface area (Å²) in [6.45, 7) is 1.18. The average molecular weight is 569 g/mol. The first kappa shape index (κ1) is 29.3. The number of nitrogens with two attached hydrogens (primary N) is 1. The van der Waals surface area contributed by atoms with Crippen molar-refractivity contribution in [3.05, 3.63) is 89.0 Å².